The van der Waals surface area contributed by atoms with Gasteiger partial charge in [-0.3, -0.25) is 0 Å². The maximum absolute atomic E-state index is 4.73. The number of halogens is 2. The second-order valence-corrected chi connectivity index (χ2v) is 8.14. The van der Waals surface area contributed by atoms with Crippen LogP contribution in [0.2, 0.25) is 0 Å². The molecule has 2 rings (SSSR count). The Morgan fingerprint density at radius 2 is 2.00 bits per heavy atom. The quantitative estimate of drug-likeness (QED) is 0.709. The van der Waals surface area contributed by atoms with Gasteiger partial charge in [-0.1, -0.05) is 13.8 Å². The molecule has 2 aromatic rings. The highest BCUT2D eigenvalue weighted by Crippen LogP contribution is 2.33. The molecule has 0 spiro atoms. The molecule has 0 saturated carbocycles. The predicted octanol–water partition coefficient (Wildman–Crippen LogP) is 5.36. The van der Waals surface area contributed by atoms with E-state index in [1.807, 2.05) is 12.1 Å². The van der Waals surface area contributed by atoms with Gasteiger partial charge in [-0.05, 0) is 63.3 Å². The van der Waals surface area contributed by atoms with Gasteiger partial charge in [-0.15, -0.1) is 11.3 Å². The third-order valence-electron chi connectivity index (χ3n) is 2.66. The van der Waals surface area contributed by atoms with Crippen LogP contribution in [0.1, 0.15) is 26.5 Å². The summed E-state index contributed by atoms with van der Waals surface area (Å²) in [7, 11) is 0. The van der Waals surface area contributed by atoms with Gasteiger partial charge in [0.15, 0.2) is 5.82 Å². The monoisotopic (exact) mass is 417 g/mol. The van der Waals surface area contributed by atoms with Crippen molar-refractivity contribution in [1.29, 1.82) is 0 Å². The van der Waals surface area contributed by atoms with E-state index in [2.05, 4.69) is 62.9 Å². The van der Waals surface area contributed by atoms with Crippen LogP contribution in [0, 0.1) is 5.92 Å². The fourth-order valence-electron chi connectivity index (χ4n) is 1.84. The van der Waals surface area contributed by atoms with Crippen LogP contribution < -0.4 is 5.32 Å². The third-order valence-corrected chi connectivity index (χ3v) is 5.11. The molecule has 0 amide bonds. The van der Waals surface area contributed by atoms with E-state index in [-0.39, 0.29) is 0 Å². The Morgan fingerprint density at radius 3 is 2.55 bits per heavy atom. The molecule has 0 atom stereocenters. The van der Waals surface area contributed by atoms with Crippen LogP contribution in [0.15, 0.2) is 20.4 Å². The predicted molar refractivity (Wildman–Crippen MR) is 93.5 cm³/mol. The van der Waals surface area contributed by atoms with Crippen LogP contribution in [0.25, 0.3) is 10.7 Å². The highest BCUT2D eigenvalue weighted by molar-refractivity contribution is 9.11. The van der Waals surface area contributed by atoms with Crippen LogP contribution in [-0.4, -0.2) is 16.5 Å². The van der Waals surface area contributed by atoms with Gasteiger partial charge < -0.3 is 5.32 Å². The number of aromatic nitrogens is 2. The smallest absolute Gasteiger partial charge is 0.171 e. The summed E-state index contributed by atoms with van der Waals surface area (Å²) in [4.78, 5) is 10.4. The Kier molecular flexibility index (Phi) is 5.57. The molecule has 6 heteroatoms. The van der Waals surface area contributed by atoms with E-state index >= 15 is 0 Å². The first-order valence-corrected chi connectivity index (χ1v) is 8.97. The van der Waals surface area contributed by atoms with E-state index in [1.165, 1.54) is 0 Å². The van der Waals surface area contributed by atoms with E-state index in [9.17, 15) is 0 Å². The molecule has 0 aromatic carbocycles. The number of thiophene rings is 1. The molecule has 0 unspecified atom stereocenters. The van der Waals surface area contributed by atoms with Crippen LogP contribution in [0.4, 0.5) is 5.82 Å². The fraction of sp³-hybridized carbons (Fsp3) is 0.429. The molecule has 20 heavy (non-hydrogen) atoms. The summed E-state index contributed by atoms with van der Waals surface area (Å²) in [5.41, 5.74) is 1.06. The second-order valence-electron chi connectivity index (χ2n) is 4.89. The first-order chi connectivity index (χ1) is 9.51. The summed E-state index contributed by atoms with van der Waals surface area (Å²) >= 11 is 8.77. The van der Waals surface area contributed by atoms with Crippen molar-refractivity contribution in [3.63, 3.8) is 0 Å². The molecule has 2 aromatic heterocycles. The standard InChI is InChI=1S/C14H17Br2N3S/c1-4-17-14-12(16)9(7-8(2)3)18-13(19-14)10-5-6-11(15)20-10/h5-6,8H,4,7H2,1-3H3,(H,17,18,19). The fourth-order valence-corrected chi connectivity index (χ4v) is 3.64. The van der Waals surface area contributed by atoms with Crippen molar-refractivity contribution in [2.45, 2.75) is 27.2 Å². The average Bonchev–Trinajstić information content (AvgIpc) is 2.80. The molecule has 0 radical (unpaired) electrons. The number of nitrogens with zero attached hydrogens (tertiary/aromatic N) is 2. The number of hydrogen-bond donors (Lipinski definition) is 1. The van der Waals surface area contributed by atoms with Crippen molar-refractivity contribution in [1.82, 2.24) is 9.97 Å². The Balaban J connectivity index is 2.49. The van der Waals surface area contributed by atoms with Gasteiger partial charge in [-0.25, -0.2) is 9.97 Å². The second kappa shape index (κ2) is 7.00. The minimum atomic E-state index is 0.554. The van der Waals surface area contributed by atoms with Crippen molar-refractivity contribution in [3.05, 3.63) is 26.1 Å². The highest BCUT2D eigenvalue weighted by atomic mass is 79.9. The van der Waals surface area contributed by atoms with Gasteiger partial charge in [0.2, 0.25) is 0 Å². The van der Waals surface area contributed by atoms with Gasteiger partial charge in [0.1, 0.15) is 5.82 Å². The van der Waals surface area contributed by atoms with Gasteiger partial charge in [0.25, 0.3) is 0 Å². The lowest BCUT2D eigenvalue weighted by Gasteiger charge is -2.13. The lowest BCUT2D eigenvalue weighted by Crippen LogP contribution is -2.07. The first kappa shape index (κ1) is 15.9. The molecule has 2 heterocycles. The number of anilines is 1. The normalized spacial score (nSPS) is 11.1. The summed E-state index contributed by atoms with van der Waals surface area (Å²) < 4.78 is 2.07. The van der Waals surface area contributed by atoms with Crippen molar-refractivity contribution in [2.75, 3.05) is 11.9 Å². The van der Waals surface area contributed by atoms with Crippen LogP contribution in [-0.2, 0) is 6.42 Å². The highest BCUT2D eigenvalue weighted by Gasteiger charge is 2.15. The molecule has 0 fully saturated rings. The summed E-state index contributed by atoms with van der Waals surface area (Å²) in [6.07, 6.45) is 0.932. The molecule has 0 aliphatic rings. The van der Waals surface area contributed by atoms with Crippen LogP contribution in [0.3, 0.4) is 0 Å². The van der Waals surface area contributed by atoms with E-state index < -0.39 is 0 Å². The van der Waals surface area contributed by atoms with Crippen LogP contribution >= 0.6 is 43.2 Å². The molecule has 0 aliphatic carbocycles. The lowest BCUT2D eigenvalue weighted by atomic mass is 10.1. The molecule has 0 aliphatic heterocycles. The number of nitrogens with one attached hydrogen (secondary N) is 1. The third kappa shape index (κ3) is 3.80. The SMILES string of the molecule is CCNc1nc(-c2ccc(Br)s2)nc(CC(C)C)c1Br. The minimum Gasteiger partial charge on any atom is -0.369 e. The molecular weight excluding hydrogens is 402 g/mol. The van der Waals surface area contributed by atoms with Crippen molar-refractivity contribution in [3.8, 4) is 10.7 Å². The lowest BCUT2D eigenvalue weighted by molar-refractivity contribution is 0.632. The molecule has 108 valence electrons. The molecule has 1 N–H and O–H groups in total. The Bertz CT molecular complexity index is 596. The molecule has 0 saturated heterocycles. The number of rotatable bonds is 5. The van der Waals surface area contributed by atoms with Gasteiger partial charge in [-0.2, -0.15) is 0 Å². The average molecular weight is 419 g/mol. The molecule has 0 bridgehead atoms. The van der Waals surface area contributed by atoms with Crippen molar-refractivity contribution < 1.29 is 0 Å². The van der Waals surface area contributed by atoms with Gasteiger partial charge in [0, 0.05) is 6.54 Å². The maximum atomic E-state index is 4.73. The number of hydrogen-bond acceptors (Lipinski definition) is 4. The zero-order valence-corrected chi connectivity index (χ0v) is 15.7. The summed E-state index contributed by atoms with van der Waals surface area (Å²) in [5.74, 6) is 2.21. The Labute approximate surface area is 140 Å². The molecule has 3 nitrogen and oxygen atoms in total. The van der Waals surface area contributed by atoms with Crippen molar-refractivity contribution >= 4 is 49.0 Å². The topological polar surface area (TPSA) is 37.8 Å². The van der Waals surface area contributed by atoms with Crippen molar-refractivity contribution in [2.24, 2.45) is 5.92 Å². The largest absolute Gasteiger partial charge is 0.369 e. The summed E-state index contributed by atoms with van der Waals surface area (Å²) in [6.45, 7) is 7.30. The Morgan fingerprint density at radius 1 is 1.25 bits per heavy atom. The van der Waals surface area contributed by atoms with E-state index in [0.29, 0.717) is 5.92 Å². The minimum absolute atomic E-state index is 0.554. The summed E-state index contributed by atoms with van der Waals surface area (Å²) in [5, 5.41) is 3.30. The van der Waals surface area contributed by atoms with Crippen LogP contribution in [0.5, 0.6) is 0 Å². The zero-order chi connectivity index (χ0) is 14.7. The van der Waals surface area contributed by atoms with Gasteiger partial charge >= 0.3 is 0 Å². The Hall–Kier alpha value is -0.460. The zero-order valence-electron chi connectivity index (χ0n) is 11.7. The molecular formula is C14H17Br2N3S. The van der Waals surface area contributed by atoms with E-state index in [4.69, 9.17) is 4.98 Å². The summed E-state index contributed by atoms with van der Waals surface area (Å²) in [6, 6.07) is 4.08. The first-order valence-electron chi connectivity index (χ1n) is 6.57. The maximum Gasteiger partial charge on any atom is 0.171 e. The van der Waals surface area contributed by atoms with E-state index in [1.54, 1.807) is 11.3 Å². The van der Waals surface area contributed by atoms with E-state index in [0.717, 1.165) is 43.4 Å². The van der Waals surface area contributed by atoms with Gasteiger partial charge in [0.05, 0.1) is 18.8 Å².